The number of fused-ring (bicyclic) bond motifs is 1. The first-order chi connectivity index (χ1) is 17.3. The number of nitriles is 1. The quantitative estimate of drug-likeness (QED) is 0.401. The van der Waals surface area contributed by atoms with Crippen molar-refractivity contribution in [2.75, 3.05) is 6.54 Å². The molecule has 1 aliphatic rings. The first kappa shape index (κ1) is 26.3. The summed E-state index contributed by atoms with van der Waals surface area (Å²) in [5.74, 6) is -1.20. The van der Waals surface area contributed by atoms with E-state index in [1.807, 2.05) is 0 Å². The van der Waals surface area contributed by atoms with Gasteiger partial charge in [0, 0.05) is 36.3 Å². The third-order valence-electron chi connectivity index (χ3n) is 5.91. The fourth-order valence-electron chi connectivity index (χ4n) is 3.88. The molecular formula is C24H17ClF6N4O2. The Morgan fingerprint density at radius 1 is 1.16 bits per heavy atom. The van der Waals surface area contributed by atoms with Crippen molar-refractivity contribution in [3.8, 4) is 23.1 Å². The maximum Gasteiger partial charge on any atom is 0.425 e. The summed E-state index contributed by atoms with van der Waals surface area (Å²) in [7, 11) is 0. The maximum absolute atomic E-state index is 13.5. The van der Waals surface area contributed by atoms with Gasteiger partial charge in [0.05, 0.1) is 21.8 Å². The minimum atomic E-state index is -4.71. The number of hydrogen-bond donors (Lipinski definition) is 1. The van der Waals surface area contributed by atoms with Crippen LogP contribution in [0.15, 0.2) is 36.4 Å². The van der Waals surface area contributed by atoms with Gasteiger partial charge in [0.25, 0.3) is 5.91 Å². The number of hydrogen-bond acceptors (Lipinski definition) is 4. The molecule has 0 aliphatic carbocycles. The summed E-state index contributed by atoms with van der Waals surface area (Å²) in [5.41, 5.74) is 0.581. The van der Waals surface area contributed by atoms with Crippen LogP contribution in [0.25, 0.3) is 11.3 Å². The number of aromatic nitrogens is 2. The van der Waals surface area contributed by atoms with E-state index in [0.29, 0.717) is 28.9 Å². The fourth-order valence-corrected chi connectivity index (χ4v) is 4.16. The second-order valence-corrected chi connectivity index (χ2v) is 8.67. The van der Waals surface area contributed by atoms with Crippen LogP contribution in [-0.2, 0) is 19.1 Å². The average molecular weight is 543 g/mol. The summed E-state index contributed by atoms with van der Waals surface area (Å²) in [6.45, 7) is 0.861. The predicted molar refractivity (Wildman–Crippen MR) is 120 cm³/mol. The predicted octanol–water partition coefficient (Wildman–Crippen LogP) is 6.15. The molecule has 2 aromatic carbocycles. The number of alkyl halides is 6. The largest absolute Gasteiger partial charge is 0.480 e. The van der Waals surface area contributed by atoms with E-state index in [2.05, 4.69) is 10.2 Å². The number of aromatic amines is 1. The third-order valence-corrected chi connectivity index (χ3v) is 6.30. The smallest absolute Gasteiger partial charge is 0.425 e. The van der Waals surface area contributed by atoms with Gasteiger partial charge in [-0.05, 0) is 31.2 Å². The Bertz CT molecular complexity index is 1380. The number of H-pyrrole nitrogens is 1. The molecule has 0 radical (unpaired) electrons. The lowest BCUT2D eigenvalue weighted by atomic mass is 9.99. The van der Waals surface area contributed by atoms with Crippen molar-refractivity contribution in [2.45, 2.75) is 38.3 Å². The van der Waals surface area contributed by atoms with Gasteiger partial charge in [0.15, 0.2) is 6.10 Å². The van der Waals surface area contributed by atoms with E-state index >= 15 is 0 Å². The maximum atomic E-state index is 13.5. The number of carbonyl (C=O) groups is 1. The van der Waals surface area contributed by atoms with E-state index in [-0.39, 0.29) is 29.2 Å². The van der Waals surface area contributed by atoms with Crippen LogP contribution in [0.1, 0.15) is 39.7 Å². The van der Waals surface area contributed by atoms with Gasteiger partial charge >= 0.3 is 12.4 Å². The lowest BCUT2D eigenvalue weighted by Crippen LogP contribution is -2.37. The molecule has 1 amide bonds. The molecule has 1 atom stereocenters. The number of ether oxygens (including phenoxy) is 1. The Labute approximate surface area is 211 Å². The van der Waals surface area contributed by atoms with E-state index < -0.39 is 35.7 Å². The topological polar surface area (TPSA) is 82.0 Å². The number of nitrogens with zero attached hydrogens (tertiary/aromatic N) is 3. The average Bonchev–Trinajstić information content (AvgIpc) is 3.26. The molecule has 0 saturated heterocycles. The number of rotatable bonds is 4. The fraction of sp³-hybridized carbons (Fsp3) is 0.292. The normalized spacial score (nSPS) is 14.6. The van der Waals surface area contributed by atoms with Gasteiger partial charge in [-0.15, -0.1) is 0 Å². The standard InChI is InChI=1S/C24H17ClF6N4O2/c1-12(23(26,27)28)37-18-7-4-14(10-32)20(25)19(18)22(36)35-9-8-17-16(11-35)21(34-33-17)13-2-5-15(6-3-13)24(29,30)31/h2-7,12H,8-9,11H2,1H3,(H,33,34)/t12-/m0/s1. The third kappa shape index (κ3) is 5.22. The van der Waals surface area contributed by atoms with Crippen molar-refractivity contribution in [2.24, 2.45) is 0 Å². The zero-order valence-electron chi connectivity index (χ0n) is 19.0. The molecule has 1 aliphatic heterocycles. The molecular weight excluding hydrogens is 526 g/mol. The highest BCUT2D eigenvalue weighted by Gasteiger charge is 2.39. The Hall–Kier alpha value is -3.72. The van der Waals surface area contributed by atoms with Crippen molar-refractivity contribution in [1.29, 1.82) is 5.26 Å². The summed E-state index contributed by atoms with van der Waals surface area (Å²) >= 11 is 6.24. The minimum Gasteiger partial charge on any atom is -0.480 e. The van der Waals surface area contributed by atoms with Gasteiger partial charge in [-0.25, -0.2) is 0 Å². The Kier molecular flexibility index (Phi) is 6.85. The van der Waals surface area contributed by atoms with Crippen LogP contribution in [0.5, 0.6) is 5.75 Å². The monoisotopic (exact) mass is 542 g/mol. The zero-order chi connectivity index (χ0) is 27.1. The van der Waals surface area contributed by atoms with Crippen molar-refractivity contribution >= 4 is 17.5 Å². The molecule has 0 unspecified atom stereocenters. The Morgan fingerprint density at radius 2 is 1.84 bits per heavy atom. The number of nitrogens with one attached hydrogen (secondary N) is 1. The second-order valence-electron chi connectivity index (χ2n) is 8.29. The molecule has 0 bridgehead atoms. The molecule has 37 heavy (non-hydrogen) atoms. The highest BCUT2D eigenvalue weighted by atomic mass is 35.5. The van der Waals surface area contributed by atoms with Crippen LogP contribution in [0, 0.1) is 11.3 Å². The molecule has 0 saturated carbocycles. The van der Waals surface area contributed by atoms with E-state index in [9.17, 15) is 36.4 Å². The Balaban J connectivity index is 1.67. The van der Waals surface area contributed by atoms with Crippen LogP contribution in [-0.4, -0.2) is 39.8 Å². The van der Waals surface area contributed by atoms with E-state index in [1.165, 1.54) is 17.0 Å². The number of carbonyl (C=O) groups excluding carboxylic acids is 1. The summed E-state index contributed by atoms with van der Waals surface area (Å²) < 4.78 is 83.2. The molecule has 13 heteroatoms. The lowest BCUT2D eigenvalue weighted by Gasteiger charge is -2.29. The van der Waals surface area contributed by atoms with Gasteiger partial charge in [-0.2, -0.15) is 36.7 Å². The van der Waals surface area contributed by atoms with Gasteiger partial charge in [0.1, 0.15) is 17.4 Å². The zero-order valence-corrected chi connectivity index (χ0v) is 19.7. The molecule has 1 N–H and O–H groups in total. The van der Waals surface area contributed by atoms with E-state index in [0.717, 1.165) is 31.2 Å². The van der Waals surface area contributed by atoms with Gasteiger partial charge in [-0.3, -0.25) is 9.89 Å². The number of halogens is 7. The second kappa shape index (κ2) is 9.63. The first-order valence-electron chi connectivity index (χ1n) is 10.8. The number of benzene rings is 2. The van der Waals surface area contributed by atoms with Crippen LogP contribution < -0.4 is 4.74 Å². The Morgan fingerprint density at radius 3 is 2.43 bits per heavy atom. The van der Waals surface area contributed by atoms with Gasteiger partial charge in [0.2, 0.25) is 0 Å². The van der Waals surface area contributed by atoms with E-state index in [4.69, 9.17) is 16.3 Å². The van der Waals surface area contributed by atoms with Crippen LogP contribution in [0.4, 0.5) is 26.3 Å². The van der Waals surface area contributed by atoms with Gasteiger partial charge in [-0.1, -0.05) is 23.7 Å². The molecule has 4 rings (SSSR count). The molecule has 194 valence electrons. The van der Waals surface area contributed by atoms with Crippen LogP contribution in [0.2, 0.25) is 5.02 Å². The number of amides is 1. The minimum absolute atomic E-state index is 0.0532. The van der Waals surface area contributed by atoms with Crippen molar-refractivity contribution < 1.29 is 35.9 Å². The summed E-state index contributed by atoms with van der Waals surface area (Å²) in [6.07, 6.45) is -11.2. The van der Waals surface area contributed by atoms with Crippen molar-refractivity contribution in [3.63, 3.8) is 0 Å². The highest BCUT2D eigenvalue weighted by molar-refractivity contribution is 6.35. The van der Waals surface area contributed by atoms with Crippen LogP contribution in [0.3, 0.4) is 0 Å². The van der Waals surface area contributed by atoms with Crippen LogP contribution >= 0.6 is 11.6 Å². The SMILES string of the molecule is C[C@H](Oc1ccc(C#N)c(Cl)c1C(=O)N1CCc2[nH]nc(-c3ccc(C(F)(F)F)cc3)c2C1)C(F)(F)F. The highest BCUT2D eigenvalue weighted by Crippen LogP contribution is 2.37. The molecule has 1 aromatic heterocycles. The molecule has 2 heterocycles. The molecule has 0 spiro atoms. The van der Waals surface area contributed by atoms with Crippen molar-refractivity contribution in [3.05, 3.63) is 69.4 Å². The van der Waals surface area contributed by atoms with Crippen molar-refractivity contribution in [1.82, 2.24) is 15.1 Å². The summed E-state index contributed by atoms with van der Waals surface area (Å²) in [6, 6.07) is 8.39. The lowest BCUT2D eigenvalue weighted by molar-refractivity contribution is -0.189. The molecule has 0 fully saturated rings. The summed E-state index contributed by atoms with van der Waals surface area (Å²) in [5, 5.41) is 16.0. The van der Waals surface area contributed by atoms with E-state index in [1.54, 1.807) is 6.07 Å². The molecule has 3 aromatic rings. The first-order valence-corrected chi connectivity index (χ1v) is 11.2. The summed E-state index contributed by atoms with van der Waals surface area (Å²) in [4.78, 5) is 14.8. The van der Waals surface area contributed by atoms with Gasteiger partial charge < -0.3 is 9.64 Å². The molecule has 6 nitrogen and oxygen atoms in total.